The second kappa shape index (κ2) is 9.66. The first-order chi connectivity index (χ1) is 12.6. The zero-order chi connectivity index (χ0) is 18.9. The van der Waals surface area contributed by atoms with Crippen molar-refractivity contribution in [1.29, 1.82) is 0 Å². The zero-order valence-corrected chi connectivity index (χ0v) is 15.3. The standard InChI is InChI=1S/C20H19ClO5/c1-3-24-18-12-15(21)7-10-17(18)19(13-22)26-16-8-5-14(6-9-16)11-20(23)25-4-2/h5-10,12H,3-4,11H2,1-2H3. The highest BCUT2D eigenvalue weighted by molar-refractivity contribution is 6.30. The molecule has 136 valence electrons. The summed E-state index contributed by atoms with van der Waals surface area (Å²) in [5, 5.41) is 0.491. The Morgan fingerprint density at radius 2 is 1.81 bits per heavy atom. The van der Waals surface area contributed by atoms with Crippen LogP contribution >= 0.6 is 11.6 Å². The Bertz CT molecular complexity index is 807. The second-order valence-electron chi connectivity index (χ2n) is 5.23. The zero-order valence-electron chi connectivity index (χ0n) is 14.6. The number of hydrogen-bond donors (Lipinski definition) is 0. The van der Waals surface area contributed by atoms with E-state index in [4.69, 9.17) is 25.8 Å². The fourth-order valence-corrected chi connectivity index (χ4v) is 2.42. The van der Waals surface area contributed by atoms with E-state index < -0.39 is 0 Å². The number of carbonyl (C=O) groups excluding carboxylic acids is 2. The minimum Gasteiger partial charge on any atom is -0.493 e. The van der Waals surface area contributed by atoms with Crippen molar-refractivity contribution in [3.8, 4) is 11.5 Å². The van der Waals surface area contributed by atoms with Crippen molar-refractivity contribution in [2.75, 3.05) is 13.2 Å². The highest BCUT2D eigenvalue weighted by Gasteiger charge is 2.14. The molecule has 2 rings (SSSR count). The summed E-state index contributed by atoms with van der Waals surface area (Å²) in [4.78, 5) is 22.9. The van der Waals surface area contributed by atoms with E-state index in [-0.39, 0.29) is 18.1 Å². The number of esters is 1. The Morgan fingerprint density at radius 1 is 1.08 bits per heavy atom. The summed E-state index contributed by atoms with van der Waals surface area (Å²) in [6.45, 7) is 4.35. The summed E-state index contributed by atoms with van der Waals surface area (Å²) < 4.78 is 16.1. The Morgan fingerprint density at radius 3 is 2.42 bits per heavy atom. The third-order valence-corrected chi connectivity index (χ3v) is 3.61. The van der Waals surface area contributed by atoms with Crippen molar-refractivity contribution in [1.82, 2.24) is 0 Å². The second-order valence-corrected chi connectivity index (χ2v) is 5.67. The van der Waals surface area contributed by atoms with E-state index in [0.29, 0.717) is 35.3 Å². The van der Waals surface area contributed by atoms with Crippen molar-refractivity contribution >= 4 is 29.3 Å². The maximum Gasteiger partial charge on any atom is 0.310 e. The minimum atomic E-state index is -0.294. The van der Waals surface area contributed by atoms with Gasteiger partial charge in [0.05, 0.1) is 25.2 Å². The molecule has 0 aliphatic heterocycles. The highest BCUT2D eigenvalue weighted by Crippen LogP contribution is 2.30. The quantitative estimate of drug-likeness (QED) is 0.395. The number of rotatable bonds is 8. The van der Waals surface area contributed by atoms with E-state index in [1.54, 1.807) is 55.3 Å². The van der Waals surface area contributed by atoms with Gasteiger partial charge in [-0.2, -0.15) is 0 Å². The van der Waals surface area contributed by atoms with Gasteiger partial charge >= 0.3 is 5.97 Å². The molecule has 0 radical (unpaired) electrons. The van der Waals surface area contributed by atoms with E-state index in [1.165, 1.54) is 0 Å². The summed E-state index contributed by atoms with van der Waals surface area (Å²) in [6.07, 6.45) is 0.177. The maximum absolute atomic E-state index is 11.5. The molecule has 0 amide bonds. The van der Waals surface area contributed by atoms with E-state index in [0.717, 1.165) is 5.56 Å². The third kappa shape index (κ3) is 5.38. The normalized spacial score (nSPS) is 9.96. The lowest BCUT2D eigenvalue weighted by Crippen LogP contribution is -2.07. The summed E-state index contributed by atoms with van der Waals surface area (Å²) in [5.41, 5.74) is 1.25. The van der Waals surface area contributed by atoms with Crippen molar-refractivity contribution < 1.29 is 23.8 Å². The fourth-order valence-electron chi connectivity index (χ4n) is 2.26. The lowest BCUT2D eigenvalue weighted by Gasteiger charge is -2.12. The molecule has 0 heterocycles. The van der Waals surface area contributed by atoms with Gasteiger partial charge in [-0.05, 0) is 49.7 Å². The average molecular weight is 375 g/mol. The van der Waals surface area contributed by atoms with Gasteiger partial charge in [0, 0.05) is 5.02 Å². The van der Waals surface area contributed by atoms with Crippen LogP contribution in [0.5, 0.6) is 11.5 Å². The molecule has 0 aliphatic carbocycles. The first-order valence-corrected chi connectivity index (χ1v) is 8.55. The molecule has 0 fully saturated rings. The van der Waals surface area contributed by atoms with Crippen LogP contribution in [0.4, 0.5) is 0 Å². The summed E-state index contributed by atoms with van der Waals surface area (Å²) in [6, 6.07) is 11.7. The van der Waals surface area contributed by atoms with Crippen LogP contribution in [0.15, 0.2) is 42.5 Å². The van der Waals surface area contributed by atoms with Crippen molar-refractivity contribution in [2.45, 2.75) is 20.3 Å². The molecule has 0 aromatic heterocycles. The van der Waals surface area contributed by atoms with Crippen molar-refractivity contribution in [2.24, 2.45) is 0 Å². The monoisotopic (exact) mass is 374 g/mol. The van der Waals surface area contributed by atoms with Crippen LogP contribution in [0.1, 0.15) is 25.0 Å². The largest absolute Gasteiger partial charge is 0.493 e. The van der Waals surface area contributed by atoms with Gasteiger partial charge in [0.15, 0.2) is 5.94 Å². The van der Waals surface area contributed by atoms with E-state index in [1.807, 2.05) is 6.92 Å². The summed E-state index contributed by atoms with van der Waals surface area (Å²) in [5.74, 6) is 2.37. The first kappa shape index (κ1) is 19.6. The van der Waals surface area contributed by atoms with Crippen molar-refractivity contribution in [3.63, 3.8) is 0 Å². The smallest absolute Gasteiger partial charge is 0.310 e. The average Bonchev–Trinajstić information content (AvgIpc) is 2.62. The lowest BCUT2D eigenvalue weighted by molar-refractivity contribution is -0.142. The number of hydrogen-bond acceptors (Lipinski definition) is 5. The number of carbonyl (C=O) groups is 1. The lowest BCUT2D eigenvalue weighted by atomic mass is 10.1. The van der Waals surface area contributed by atoms with Crippen LogP contribution in [0, 0.1) is 0 Å². The molecular formula is C20H19ClO5. The third-order valence-electron chi connectivity index (χ3n) is 3.38. The van der Waals surface area contributed by atoms with Crippen LogP contribution in [-0.2, 0) is 20.7 Å². The number of halogens is 1. The molecule has 0 aliphatic rings. The van der Waals surface area contributed by atoms with E-state index in [9.17, 15) is 9.59 Å². The van der Waals surface area contributed by atoms with Gasteiger partial charge in [-0.25, -0.2) is 4.79 Å². The van der Waals surface area contributed by atoms with Gasteiger partial charge in [-0.15, -0.1) is 0 Å². The molecule has 0 saturated carbocycles. The van der Waals surface area contributed by atoms with Crippen molar-refractivity contribution in [3.05, 3.63) is 58.6 Å². The Labute approximate surface area is 157 Å². The van der Waals surface area contributed by atoms with Gasteiger partial charge < -0.3 is 14.2 Å². The minimum absolute atomic E-state index is 0.0109. The molecule has 0 bridgehead atoms. The van der Waals surface area contributed by atoms with E-state index in [2.05, 4.69) is 0 Å². The Hall–Kier alpha value is -2.75. The first-order valence-electron chi connectivity index (χ1n) is 8.17. The molecule has 0 unspecified atom stereocenters. The van der Waals surface area contributed by atoms with Gasteiger partial charge in [0.25, 0.3) is 0 Å². The SMILES string of the molecule is CCOC(=O)Cc1ccc(OC(=C=O)c2ccc(Cl)cc2OCC)cc1. The van der Waals surface area contributed by atoms with Gasteiger partial charge in [0.1, 0.15) is 11.5 Å². The van der Waals surface area contributed by atoms with E-state index >= 15 is 0 Å². The highest BCUT2D eigenvalue weighted by atomic mass is 35.5. The molecule has 0 spiro atoms. The van der Waals surface area contributed by atoms with Crippen LogP contribution < -0.4 is 9.47 Å². The predicted molar refractivity (Wildman–Crippen MR) is 99.1 cm³/mol. The number of ether oxygens (including phenoxy) is 3. The van der Waals surface area contributed by atoms with Crippen LogP contribution in [-0.4, -0.2) is 25.1 Å². The van der Waals surface area contributed by atoms with Gasteiger partial charge in [0.2, 0.25) is 5.76 Å². The van der Waals surface area contributed by atoms with Crippen LogP contribution in [0.25, 0.3) is 5.76 Å². The molecule has 0 atom stereocenters. The predicted octanol–water partition coefficient (Wildman–Crippen LogP) is 4.10. The summed E-state index contributed by atoms with van der Waals surface area (Å²) in [7, 11) is 0. The maximum atomic E-state index is 11.5. The molecule has 0 N–H and O–H groups in total. The molecule has 0 saturated heterocycles. The van der Waals surface area contributed by atoms with Crippen LogP contribution in [0.2, 0.25) is 5.02 Å². The molecule has 6 heteroatoms. The number of benzene rings is 2. The molecule has 5 nitrogen and oxygen atoms in total. The van der Waals surface area contributed by atoms with Gasteiger partial charge in [-0.1, -0.05) is 23.7 Å². The molecule has 2 aromatic rings. The van der Waals surface area contributed by atoms with Crippen LogP contribution in [0.3, 0.4) is 0 Å². The summed E-state index contributed by atoms with van der Waals surface area (Å²) >= 11 is 5.98. The fraction of sp³-hybridized carbons (Fsp3) is 0.250. The van der Waals surface area contributed by atoms with Gasteiger partial charge in [-0.3, -0.25) is 4.79 Å². The molecule has 26 heavy (non-hydrogen) atoms. The Balaban J connectivity index is 2.16. The molecular weight excluding hydrogens is 356 g/mol. The topological polar surface area (TPSA) is 61.8 Å². The Kier molecular flexibility index (Phi) is 7.27. The molecule has 2 aromatic carbocycles.